The van der Waals surface area contributed by atoms with Crippen molar-refractivity contribution in [2.24, 2.45) is 11.8 Å². The summed E-state index contributed by atoms with van der Waals surface area (Å²) in [5.41, 5.74) is 0. The molecule has 5 atom stereocenters. The normalized spacial score (nSPS) is 29.9. The van der Waals surface area contributed by atoms with Crippen LogP contribution in [0, 0.1) is 11.8 Å². The molecule has 0 aromatic heterocycles. The number of allylic oxidation sites excluding steroid dienone is 2. The maximum Gasteiger partial charge on any atom is 0.305 e. The minimum absolute atomic E-state index is 0.0652. The van der Waals surface area contributed by atoms with Crippen molar-refractivity contribution in [1.82, 2.24) is 0 Å². The smallest absolute Gasteiger partial charge is 0.305 e. The molecule has 6 heteroatoms. The van der Waals surface area contributed by atoms with Crippen LogP contribution in [0.2, 0.25) is 0 Å². The Kier molecular flexibility index (Phi) is 10.5. The van der Waals surface area contributed by atoms with Crippen molar-refractivity contribution in [3.8, 4) is 0 Å². The Bertz CT molecular complexity index is 578. The molecular formula is C24H39FO5. The van der Waals surface area contributed by atoms with Crippen LogP contribution in [0.3, 0.4) is 0 Å². The molecule has 5 nitrogen and oxygen atoms in total. The number of Topliss-reactive ketones (excluding diaryl/α,β-unsaturated/α-hetero) is 1. The van der Waals surface area contributed by atoms with E-state index in [9.17, 15) is 9.59 Å². The Morgan fingerprint density at radius 3 is 2.77 bits per heavy atom. The fourth-order valence-electron chi connectivity index (χ4n) is 4.74. The molecule has 2 fully saturated rings. The van der Waals surface area contributed by atoms with E-state index in [4.69, 9.17) is 14.2 Å². The van der Waals surface area contributed by atoms with Gasteiger partial charge in [0.15, 0.2) is 12.0 Å². The van der Waals surface area contributed by atoms with E-state index < -0.39 is 12.0 Å². The highest BCUT2D eigenvalue weighted by molar-refractivity contribution is 5.84. The van der Waals surface area contributed by atoms with Gasteiger partial charge in [-0.1, -0.05) is 31.9 Å². The van der Waals surface area contributed by atoms with Crippen LogP contribution in [-0.2, 0) is 23.8 Å². The predicted octanol–water partition coefficient (Wildman–Crippen LogP) is 5.31. The van der Waals surface area contributed by atoms with E-state index in [1.54, 1.807) is 6.92 Å². The summed E-state index contributed by atoms with van der Waals surface area (Å²) in [7, 11) is 0. The van der Waals surface area contributed by atoms with Gasteiger partial charge in [-0.05, 0) is 51.9 Å². The van der Waals surface area contributed by atoms with Crippen molar-refractivity contribution >= 4 is 11.8 Å². The molecule has 1 saturated heterocycles. The lowest BCUT2D eigenvalue weighted by molar-refractivity contribution is -0.314. The number of alkyl halides is 1. The Hall–Kier alpha value is -1.27. The number of ether oxygens (including phenoxy) is 3. The minimum atomic E-state index is -1.19. The molecule has 0 aromatic carbocycles. The van der Waals surface area contributed by atoms with Crippen molar-refractivity contribution in [2.75, 3.05) is 13.2 Å². The Balaban J connectivity index is 1.87. The van der Waals surface area contributed by atoms with Crippen molar-refractivity contribution in [3.05, 3.63) is 12.2 Å². The van der Waals surface area contributed by atoms with Crippen LogP contribution >= 0.6 is 0 Å². The van der Waals surface area contributed by atoms with Gasteiger partial charge < -0.3 is 14.2 Å². The third-order valence-corrected chi connectivity index (χ3v) is 6.28. The van der Waals surface area contributed by atoms with Crippen LogP contribution in [0.25, 0.3) is 0 Å². The number of carbonyl (C=O) groups excluding carboxylic acids is 2. The zero-order valence-electron chi connectivity index (χ0n) is 18.9. The molecule has 0 aromatic rings. The SMILES string of the molecule is CCCCC(F)C1(OCC)CC[C@H]2[C@@H](CC(=O)[C@@H]2CC=CCCCC(=O)OCC)O1. The highest BCUT2D eigenvalue weighted by Gasteiger charge is 2.53. The molecule has 2 rings (SSSR count). The lowest BCUT2D eigenvalue weighted by atomic mass is 9.82. The summed E-state index contributed by atoms with van der Waals surface area (Å²) in [6, 6.07) is 0. The van der Waals surface area contributed by atoms with Crippen molar-refractivity contribution in [1.29, 1.82) is 0 Å². The maximum absolute atomic E-state index is 15.0. The Labute approximate surface area is 180 Å². The molecule has 0 amide bonds. The van der Waals surface area contributed by atoms with E-state index in [0.717, 1.165) is 32.1 Å². The van der Waals surface area contributed by atoms with Gasteiger partial charge in [-0.15, -0.1) is 0 Å². The fraction of sp³-hybridized carbons (Fsp3) is 0.833. The van der Waals surface area contributed by atoms with Gasteiger partial charge in [-0.3, -0.25) is 9.59 Å². The van der Waals surface area contributed by atoms with Crippen LogP contribution in [0.4, 0.5) is 4.39 Å². The molecule has 1 aliphatic carbocycles. The first-order valence-corrected chi connectivity index (χ1v) is 11.8. The van der Waals surface area contributed by atoms with Gasteiger partial charge in [0.25, 0.3) is 0 Å². The topological polar surface area (TPSA) is 61.8 Å². The highest BCUT2D eigenvalue weighted by Crippen LogP contribution is 2.47. The Morgan fingerprint density at radius 2 is 2.07 bits per heavy atom. The monoisotopic (exact) mass is 426 g/mol. The van der Waals surface area contributed by atoms with E-state index >= 15 is 4.39 Å². The molecule has 172 valence electrons. The van der Waals surface area contributed by atoms with Crippen LogP contribution in [-0.4, -0.2) is 43.0 Å². The molecule has 0 radical (unpaired) electrons. The number of esters is 1. The maximum atomic E-state index is 15.0. The standard InChI is InChI=1S/C24H39FO5/c1-4-7-13-22(25)24(29-6-3)16-15-19-18(20(26)17-21(19)30-24)12-10-8-9-11-14-23(27)28-5-2/h8,10,18-19,21-22H,4-7,9,11-17H2,1-3H3/t18-,19-,21-,22?,24?/m1/s1. The van der Waals surface area contributed by atoms with E-state index in [2.05, 4.69) is 0 Å². The lowest BCUT2D eigenvalue weighted by Crippen LogP contribution is -2.52. The number of hydrogen-bond donors (Lipinski definition) is 0. The third kappa shape index (κ3) is 6.61. The van der Waals surface area contributed by atoms with E-state index in [1.165, 1.54) is 0 Å². The van der Waals surface area contributed by atoms with Crippen LogP contribution in [0.15, 0.2) is 12.2 Å². The van der Waals surface area contributed by atoms with Gasteiger partial charge >= 0.3 is 5.97 Å². The number of unbranched alkanes of at least 4 members (excludes halogenated alkanes) is 2. The summed E-state index contributed by atoms with van der Waals surface area (Å²) in [6.07, 6.45) is 9.07. The first-order valence-electron chi connectivity index (χ1n) is 11.8. The molecule has 0 N–H and O–H groups in total. The van der Waals surface area contributed by atoms with E-state index in [1.807, 2.05) is 26.0 Å². The number of carbonyl (C=O) groups is 2. The molecule has 0 bridgehead atoms. The van der Waals surface area contributed by atoms with Gasteiger partial charge in [-0.25, -0.2) is 4.39 Å². The summed E-state index contributed by atoms with van der Waals surface area (Å²) in [4.78, 5) is 24.0. The average molecular weight is 427 g/mol. The van der Waals surface area contributed by atoms with Crippen molar-refractivity contribution < 1.29 is 28.2 Å². The molecule has 2 unspecified atom stereocenters. The highest BCUT2D eigenvalue weighted by atomic mass is 19.1. The molecule has 1 saturated carbocycles. The number of halogens is 1. The van der Waals surface area contributed by atoms with Crippen LogP contribution < -0.4 is 0 Å². The molecule has 0 spiro atoms. The zero-order valence-corrected chi connectivity index (χ0v) is 18.9. The van der Waals surface area contributed by atoms with Crippen LogP contribution in [0.1, 0.15) is 85.0 Å². The number of hydrogen-bond acceptors (Lipinski definition) is 5. The largest absolute Gasteiger partial charge is 0.466 e. The van der Waals surface area contributed by atoms with Gasteiger partial charge in [-0.2, -0.15) is 0 Å². The first kappa shape index (κ1) is 25.0. The van der Waals surface area contributed by atoms with Gasteiger partial charge in [0, 0.05) is 31.8 Å². The predicted molar refractivity (Wildman–Crippen MR) is 114 cm³/mol. The van der Waals surface area contributed by atoms with Crippen molar-refractivity contribution in [2.45, 2.75) is 103 Å². The van der Waals surface area contributed by atoms with E-state index in [0.29, 0.717) is 45.3 Å². The second-order valence-corrected chi connectivity index (χ2v) is 8.39. The number of fused-ring (bicyclic) bond motifs is 1. The number of ketones is 1. The van der Waals surface area contributed by atoms with Crippen molar-refractivity contribution in [3.63, 3.8) is 0 Å². The summed E-state index contributed by atoms with van der Waals surface area (Å²) in [6.45, 7) is 6.52. The average Bonchev–Trinajstić information content (AvgIpc) is 3.03. The van der Waals surface area contributed by atoms with Crippen LogP contribution in [0.5, 0.6) is 0 Å². The second-order valence-electron chi connectivity index (χ2n) is 8.39. The molecule has 1 aliphatic heterocycles. The molecular weight excluding hydrogens is 387 g/mol. The summed E-state index contributed by atoms with van der Waals surface area (Å²) < 4.78 is 31.9. The lowest BCUT2D eigenvalue weighted by Gasteiger charge is -2.44. The van der Waals surface area contributed by atoms with Gasteiger partial charge in [0.05, 0.1) is 12.7 Å². The molecule has 1 heterocycles. The van der Waals surface area contributed by atoms with E-state index in [-0.39, 0.29) is 29.7 Å². The van der Waals surface area contributed by atoms with Gasteiger partial charge in [0.1, 0.15) is 5.78 Å². The minimum Gasteiger partial charge on any atom is -0.466 e. The third-order valence-electron chi connectivity index (χ3n) is 6.28. The molecule has 2 aliphatic rings. The zero-order chi connectivity index (χ0) is 22.0. The summed E-state index contributed by atoms with van der Waals surface area (Å²) in [5, 5.41) is 0. The fourth-order valence-corrected chi connectivity index (χ4v) is 4.74. The molecule has 30 heavy (non-hydrogen) atoms. The number of rotatable bonds is 13. The summed E-state index contributed by atoms with van der Waals surface area (Å²) in [5.74, 6) is -1.08. The quantitative estimate of drug-likeness (QED) is 0.227. The second kappa shape index (κ2) is 12.6. The first-order chi connectivity index (χ1) is 14.5. The van der Waals surface area contributed by atoms with Gasteiger partial charge in [0.2, 0.25) is 0 Å². The Morgan fingerprint density at radius 1 is 1.27 bits per heavy atom. The summed E-state index contributed by atoms with van der Waals surface area (Å²) >= 11 is 0.